The quantitative estimate of drug-likeness (QED) is 0.280. The predicted octanol–water partition coefficient (Wildman–Crippen LogP) is 6.41. The average Bonchev–Trinajstić information content (AvgIpc) is 3.62. The molecule has 3 aromatic heterocycles. The topological polar surface area (TPSA) is 43.6 Å². The summed E-state index contributed by atoms with van der Waals surface area (Å²) in [5, 5.41) is 2.05. The van der Waals surface area contributed by atoms with Crippen LogP contribution in [0.5, 0.6) is 5.75 Å². The first-order valence-corrected chi connectivity index (χ1v) is 13.4. The minimum atomic E-state index is -0.0705. The Kier molecular flexibility index (Phi) is 4.91. The number of para-hydroxylation sites is 3. The van der Waals surface area contributed by atoms with Crippen molar-refractivity contribution in [3.63, 3.8) is 0 Å². The third-order valence-corrected chi connectivity index (χ3v) is 8.53. The van der Waals surface area contributed by atoms with Gasteiger partial charge in [-0.25, -0.2) is 9.38 Å². The normalized spacial score (nSPS) is 16.0. The van der Waals surface area contributed by atoms with E-state index < -0.39 is 0 Å². The van der Waals surface area contributed by atoms with E-state index >= 15 is 0 Å². The number of hydrogen-bond donors (Lipinski definition) is 0. The molecule has 6 heteroatoms. The Morgan fingerprint density at radius 2 is 1.69 bits per heavy atom. The molecule has 0 saturated carbocycles. The highest BCUT2D eigenvalue weighted by molar-refractivity contribution is 7.15. The van der Waals surface area contributed by atoms with Crippen molar-refractivity contribution in [1.82, 2.24) is 9.38 Å². The fourth-order valence-corrected chi connectivity index (χ4v) is 6.73. The van der Waals surface area contributed by atoms with Crippen molar-refractivity contribution < 1.29 is 4.74 Å². The van der Waals surface area contributed by atoms with E-state index in [1.807, 2.05) is 54.6 Å². The summed E-state index contributed by atoms with van der Waals surface area (Å²) in [4.78, 5) is 20.1. The molecule has 6 aromatic rings. The molecule has 0 aliphatic carbocycles. The Morgan fingerprint density at radius 3 is 2.53 bits per heavy atom. The summed E-state index contributed by atoms with van der Waals surface area (Å²) in [6.45, 7) is 2.14. The van der Waals surface area contributed by atoms with Gasteiger partial charge in [0.05, 0.1) is 20.4 Å². The number of rotatable bonds is 3. The van der Waals surface area contributed by atoms with Crippen LogP contribution >= 0.6 is 22.7 Å². The van der Waals surface area contributed by atoms with E-state index in [9.17, 15) is 4.79 Å². The molecule has 7 rings (SSSR count). The lowest BCUT2D eigenvalue weighted by Gasteiger charge is -2.30. The van der Waals surface area contributed by atoms with Crippen LogP contribution in [0.15, 0.2) is 101 Å². The third kappa shape index (κ3) is 3.26. The van der Waals surface area contributed by atoms with Gasteiger partial charge in [0.2, 0.25) is 0 Å². The zero-order valence-corrected chi connectivity index (χ0v) is 21.0. The highest BCUT2D eigenvalue weighted by Crippen LogP contribution is 2.47. The molecule has 0 saturated heterocycles. The van der Waals surface area contributed by atoms with Crippen LogP contribution < -0.4 is 14.8 Å². The first-order valence-electron chi connectivity index (χ1n) is 11.7. The van der Waals surface area contributed by atoms with Gasteiger partial charge in [-0.2, -0.15) is 0 Å². The standard InChI is InChI=1S/C30H20N2O2S2/c1-18-9-2-3-10-19(18)27-20-11-4-7-14-24(20)34-28(25-15-8-16-35-25)21(27)17-26-29(33)32-23-13-6-5-12-22(23)31-30(32)36-26/h2-17,27H,1H3/t27-/m0/s1. The van der Waals surface area contributed by atoms with Crippen molar-refractivity contribution in [2.24, 2.45) is 0 Å². The first kappa shape index (κ1) is 21.3. The molecule has 4 heterocycles. The summed E-state index contributed by atoms with van der Waals surface area (Å²) in [7, 11) is 0. The van der Waals surface area contributed by atoms with Gasteiger partial charge >= 0.3 is 0 Å². The minimum absolute atomic E-state index is 0.0517. The minimum Gasteiger partial charge on any atom is -0.455 e. The SMILES string of the molecule is Cc1ccccc1[C@@H]1C(C=c2sc3nc4ccccc4n3c2=O)=C(c2cccs2)Oc2ccccc21. The van der Waals surface area contributed by atoms with Crippen LogP contribution in [0, 0.1) is 6.92 Å². The van der Waals surface area contributed by atoms with Crippen molar-refractivity contribution >= 4 is 50.5 Å². The molecule has 1 atom stereocenters. The molecular formula is C30H20N2O2S2. The lowest BCUT2D eigenvalue weighted by molar-refractivity contribution is 0.490. The maximum Gasteiger partial charge on any atom is 0.274 e. The van der Waals surface area contributed by atoms with E-state index in [-0.39, 0.29) is 11.5 Å². The number of hydrogen-bond acceptors (Lipinski definition) is 5. The Hall–Kier alpha value is -4.00. The lowest BCUT2D eigenvalue weighted by atomic mass is 9.80. The summed E-state index contributed by atoms with van der Waals surface area (Å²) >= 11 is 3.06. The van der Waals surface area contributed by atoms with E-state index in [4.69, 9.17) is 9.72 Å². The molecule has 0 bridgehead atoms. The Labute approximate surface area is 215 Å². The number of ether oxygens (including phenoxy) is 1. The largest absolute Gasteiger partial charge is 0.455 e. The molecule has 0 amide bonds. The average molecular weight is 505 g/mol. The van der Waals surface area contributed by atoms with Gasteiger partial charge < -0.3 is 4.74 Å². The molecular weight excluding hydrogens is 484 g/mol. The summed E-state index contributed by atoms with van der Waals surface area (Å²) < 4.78 is 8.92. The summed E-state index contributed by atoms with van der Waals surface area (Å²) in [5.74, 6) is 1.58. The Balaban J connectivity index is 1.56. The molecule has 0 unspecified atom stereocenters. The van der Waals surface area contributed by atoms with Crippen LogP contribution in [0.25, 0.3) is 27.8 Å². The van der Waals surface area contributed by atoms with E-state index in [1.165, 1.54) is 22.5 Å². The van der Waals surface area contributed by atoms with Gasteiger partial charge in [0.25, 0.3) is 5.56 Å². The third-order valence-electron chi connectivity index (χ3n) is 6.69. The van der Waals surface area contributed by atoms with E-state index in [0.717, 1.165) is 38.6 Å². The monoisotopic (exact) mass is 504 g/mol. The number of thiophene rings is 1. The van der Waals surface area contributed by atoms with Gasteiger partial charge in [0, 0.05) is 17.1 Å². The van der Waals surface area contributed by atoms with Crippen molar-refractivity contribution in [1.29, 1.82) is 0 Å². The van der Waals surface area contributed by atoms with Gasteiger partial charge in [-0.1, -0.05) is 72.0 Å². The second-order valence-electron chi connectivity index (χ2n) is 8.83. The molecule has 174 valence electrons. The molecule has 1 aliphatic rings. The zero-order chi connectivity index (χ0) is 24.2. The molecule has 1 aliphatic heterocycles. The van der Waals surface area contributed by atoms with Crippen LogP contribution in [-0.4, -0.2) is 9.38 Å². The van der Waals surface area contributed by atoms with Crippen molar-refractivity contribution in [3.05, 3.63) is 132 Å². The summed E-state index contributed by atoms with van der Waals surface area (Å²) in [5.41, 5.74) is 6.09. The van der Waals surface area contributed by atoms with E-state index in [1.54, 1.807) is 15.7 Å². The predicted molar refractivity (Wildman–Crippen MR) is 148 cm³/mol. The molecule has 3 aromatic carbocycles. The number of fused-ring (bicyclic) bond motifs is 4. The van der Waals surface area contributed by atoms with E-state index in [0.29, 0.717) is 9.49 Å². The fourth-order valence-electron chi connectivity index (χ4n) is 5.03. The second-order valence-corrected chi connectivity index (χ2v) is 10.8. The number of thiazole rings is 1. The fraction of sp³-hybridized carbons (Fsp3) is 0.0667. The number of nitrogens with zero attached hydrogens (tertiary/aromatic N) is 2. The van der Waals surface area contributed by atoms with Gasteiger partial charge in [0.15, 0.2) is 4.96 Å². The summed E-state index contributed by atoms with van der Waals surface area (Å²) in [6, 6.07) is 28.5. The van der Waals surface area contributed by atoms with Crippen LogP contribution in [0.1, 0.15) is 27.5 Å². The molecule has 0 fully saturated rings. The number of benzene rings is 3. The number of imidazole rings is 1. The zero-order valence-electron chi connectivity index (χ0n) is 19.3. The van der Waals surface area contributed by atoms with Crippen LogP contribution in [0.4, 0.5) is 0 Å². The van der Waals surface area contributed by atoms with Gasteiger partial charge in [-0.05, 0) is 53.8 Å². The molecule has 4 nitrogen and oxygen atoms in total. The van der Waals surface area contributed by atoms with Gasteiger partial charge in [0.1, 0.15) is 11.5 Å². The van der Waals surface area contributed by atoms with Crippen molar-refractivity contribution in [2.45, 2.75) is 12.8 Å². The van der Waals surface area contributed by atoms with Crippen LogP contribution in [0.3, 0.4) is 0 Å². The van der Waals surface area contributed by atoms with E-state index in [2.05, 4.69) is 48.7 Å². The van der Waals surface area contributed by atoms with Crippen molar-refractivity contribution in [3.8, 4) is 5.75 Å². The number of aromatic nitrogens is 2. The van der Waals surface area contributed by atoms with Gasteiger partial charge in [-0.3, -0.25) is 4.79 Å². The van der Waals surface area contributed by atoms with Crippen molar-refractivity contribution in [2.75, 3.05) is 0 Å². The molecule has 0 spiro atoms. The Bertz CT molecular complexity index is 1910. The first-order chi connectivity index (χ1) is 17.7. The maximum absolute atomic E-state index is 13.7. The number of aryl methyl sites for hydroxylation is 1. The van der Waals surface area contributed by atoms with Crippen LogP contribution in [0.2, 0.25) is 0 Å². The maximum atomic E-state index is 13.7. The Morgan fingerprint density at radius 1 is 0.917 bits per heavy atom. The smallest absolute Gasteiger partial charge is 0.274 e. The lowest BCUT2D eigenvalue weighted by Crippen LogP contribution is -2.25. The second kappa shape index (κ2) is 8.29. The molecule has 36 heavy (non-hydrogen) atoms. The number of allylic oxidation sites excluding steroid dienone is 1. The highest BCUT2D eigenvalue weighted by atomic mass is 32.1. The molecule has 0 N–H and O–H groups in total. The van der Waals surface area contributed by atoms with Gasteiger partial charge in [-0.15, -0.1) is 11.3 Å². The molecule has 0 radical (unpaired) electrons. The highest BCUT2D eigenvalue weighted by Gasteiger charge is 2.32. The summed E-state index contributed by atoms with van der Waals surface area (Å²) in [6.07, 6.45) is 2.03. The van der Waals surface area contributed by atoms with Crippen LogP contribution in [-0.2, 0) is 0 Å².